The van der Waals surface area contributed by atoms with E-state index in [1.54, 1.807) is 18.2 Å². The highest BCUT2D eigenvalue weighted by Gasteiger charge is 2.60. The molecule has 0 aliphatic heterocycles. The molecular formula is C17H19Cl2NO. The summed E-state index contributed by atoms with van der Waals surface area (Å²) in [7, 11) is 0. The van der Waals surface area contributed by atoms with Gasteiger partial charge in [-0.1, -0.05) is 55.3 Å². The maximum Gasteiger partial charge on any atom is 0.234 e. The molecule has 4 heteroatoms. The van der Waals surface area contributed by atoms with Crippen LogP contribution in [0.3, 0.4) is 0 Å². The summed E-state index contributed by atoms with van der Waals surface area (Å²) >= 11 is 12.2. The lowest BCUT2D eigenvalue weighted by Crippen LogP contribution is -2.37. The molecule has 0 unspecified atom stereocenters. The molecule has 0 heterocycles. The summed E-state index contributed by atoms with van der Waals surface area (Å²) < 4.78 is 0. The highest BCUT2D eigenvalue weighted by atomic mass is 35.5. The number of carbonyl (C=O) groups is 1. The highest BCUT2D eigenvalue weighted by molar-refractivity contribution is 6.44. The summed E-state index contributed by atoms with van der Waals surface area (Å²) in [5, 5.41) is 3.80. The lowest BCUT2D eigenvalue weighted by Gasteiger charge is -2.37. The normalized spacial score (nSPS) is 29.7. The van der Waals surface area contributed by atoms with E-state index < -0.39 is 5.41 Å². The Labute approximate surface area is 135 Å². The van der Waals surface area contributed by atoms with Gasteiger partial charge in [0, 0.05) is 0 Å². The molecule has 2 fully saturated rings. The molecule has 0 spiro atoms. The van der Waals surface area contributed by atoms with E-state index in [0.29, 0.717) is 21.7 Å². The van der Waals surface area contributed by atoms with Crippen molar-refractivity contribution >= 4 is 34.8 Å². The van der Waals surface area contributed by atoms with Crippen molar-refractivity contribution < 1.29 is 4.79 Å². The number of carbonyl (C=O) groups excluding carboxylic acids is 1. The van der Waals surface area contributed by atoms with Gasteiger partial charge in [-0.2, -0.15) is 0 Å². The first-order valence-corrected chi connectivity index (χ1v) is 8.00. The Morgan fingerprint density at radius 1 is 1.38 bits per heavy atom. The molecular weight excluding hydrogens is 305 g/mol. The third-order valence-corrected chi connectivity index (χ3v) is 6.34. The van der Waals surface area contributed by atoms with Gasteiger partial charge in [-0.25, -0.2) is 0 Å². The molecule has 1 aromatic carbocycles. The van der Waals surface area contributed by atoms with Crippen LogP contribution in [0.25, 0.3) is 0 Å². The van der Waals surface area contributed by atoms with Crippen molar-refractivity contribution in [2.45, 2.75) is 33.1 Å². The Morgan fingerprint density at radius 2 is 2.10 bits per heavy atom. The van der Waals surface area contributed by atoms with Crippen molar-refractivity contribution in [3.05, 3.63) is 40.4 Å². The van der Waals surface area contributed by atoms with Crippen LogP contribution in [0.5, 0.6) is 0 Å². The van der Waals surface area contributed by atoms with Crippen LogP contribution in [0.2, 0.25) is 10.0 Å². The van der Waals surface area contributed by atoms with Crippen molar-refractivity contribution in [3.63, 3.8) is 0 Å². The minimum absolute atomic E-state index is 0.00439. The molecule has 0 radical (unpaired) electrons. The molecule has 112 valence electrons. The number of hydrogen-bond acceptors (Lipinski definition) is 1. The third-order valence-electron chi connectivity index (χ3n) is 5.52. The zero-order valence-electron chi connectivity index (χ0n) is 12.3. The van der Waals surface area contributed by atoms with E-state index in [-0.39, 0.29) is 11.3 Å². The average molecular weight is 324 g/mol. The number of benzene rings is 1. The van der Waals surface area contributed by atoms with Crippen molar-refractivity contribution in [3.8, 4) is 0 Å². The Hall–Kier alpha value is -0.990. The second kappa shape index (κ2) is 4.76. The number of amides is 1. The van der Waals surface area contributed by atoms with Crippen LogP contribution in [-0.2, 0) is 4.79 Å². The van der Waals surface area contributed by atoms with Crippen LogP contribution in [0, 0.1) is 16.7 Å². The summed E-state index contributed by atoms with van der Waals surface area (Å²) in [6.07, 6.45) is 2.86. The molecule has 1 N–H and O–H groups in total. The average Bonchev–Trinajstić information content (AvgIpc) is 2.96. The number of rotatable bonds is 2. The van der Waals surface area contributed by atoms with Crippen LogP contribution in [0.4, 0.5) is 5.69 Å². The SMILES string of the molecule is C=C1C(C)(C)[C@@H]2CC[C@]1(C(=O)Nc1cccc(Cl)c1Cl)C2. The maximum atomic E-state index is 12.9. The van der Waals surface area contributed by atoms with Gasteiger partial charge in [-0.05, 0) is 42.7 Å². The zero-order valence-corrected chi connectivity index (χ0v) is 13.8. The van der Waals surface area contributed by atoms with Crippen LogP contribution < -0.4 is 5.32 Å². The second-order valence-corrected chi connectivity index (χ2v) is 7.56. The largest absolute Gasteiger partial charge is 0.324 e. The van der Waals surface area contributed by atoms with Crippen molar-refractivity contribution in [2.75, 3.05) is 5.32 Å². The van der Waals surface area contributed by atoms with Gasteiger partial charge in [-0.3, -0.25) is 4.79 Å². The van der Waals surface area contributed by atoms with Crippen LogP contribution >= 0.6 is 23.2 Å². The van der Waals surface area contributed by atoms with E-state index in [4.69, 9.17) is 23.2 Å². The first kappa shape index (κ1) is 14.9. The molecule has 0 aromatic heterocycles. The molecule has 2 nitrogen and oxygen atoms in total. The number of anilines is 1. The van der Waals surface area contributed by atoms with Gasteiger partial charge in [0.1, 0.15) is 0 Å². The fourth-order valence-corrected chi connectivity index (χ4v) is 4.33. The van der Waals surface area contributed by atoms with Crippen molar-refractivity contribution in [2.24, 2.45) is 16.7 Å². The maximum absolute atomic E-state index is 12.9. The summed E-state index contributed by atoms with van der Waals surface area (Å²) in [4.78, 5) is 12.9. The zero-order chi connectivity index (χ0) is 15.4. The Balaban J connectivity index is 1.90. The lowest BCUT2D eigenvalue weighted by molar-refractivity contribution is -0.123. The molecule has 1 amide bonds. The molecule has 0 saturated heterocycles. The Morgan fingerprint density at radius 3 is 2.71 bits per heavy atom. The quantitative estimate of drug-likeness (QED) is 0.734. The minimum atomic E-state index is -0.445. The highest BCUT2D eigenvalue weighted by Crippen LogP contribution is 2.65. The van der Waals surface area contributed by atoms with E-state index in [1.807, 2.05) is 0 Å². The van der Waals surface area contributed by atoms with Crippen LogP contribution in [0.15, 0.2) is 30.4 Å². The topological polar surface area (TPSA) is 29.1 Å². The van der Waals surface area contributed by atoms with Crippen molar-refractivity contribution in [1.82, 2.24) is 0 Å². The monoisotopic (exact) mass is 323 g/mol. The summed E-state index contributed by atoms with van der Waals surface area (Å²) in [6, 6.07) is 5.27. The number of hydrogen-bond donors (Lipinski definition) is 1. The number of fused-ring (bicyclic) bond motifs is 2. The van der Waals surface area contributed by atoms with E-state index in [2.05, 4.69) is 25.7 Å². The predicted molar refractivity (Wildman–Crippen MR) is 87.8 cm³/mol. The Kier molecular flexibility index (Phi) is 3.38. The minimum Gasteiger partial charge on any atom is -0.324 e. The first-order chi connectivity index (χ1) is 9.79. The van der Waals surface area contributed by atoms with E-state index >= 15 is 0 Å². The molecule has 2 aliphatic carbocycles. The second-order valence-electron chi connectivity index (χ2n) is 6.78. The number of nitrogens with one attached hydrogen (secondary N) is 1. The summed E-state index contributed by atoms with van der Waals surface area (Å²) in [6.45, 7) is 8.63. The molecule has 2 saturated carbocycles. The number of halogens is 2. The molecule has 21 heavy (non-hydrogen) atoms. The van der Waals surface area contributed by atoms with E-state index in [9.17, 15) is 4.79 Å². The molecule has 2 aliphatic rings. The summed E-state index contributed by atoms with van der Waals surface area (Å²) in [5.41, 5.74) is 1.22. The van der Waals surface area contributed by atoms with Crippen LogP contribution in [0.1, 0.15) is 33.1 Å². The lowest BCUT2D eigenvalue weighted by atomic mass is 9.68. The van der Waals surface area contributed by atoms with Gasteiger partial charge >= 0.3 is 0 Å². The molecule has 2 atom stereocenters. The predicted octanol–water partition coefficient (Wildman–Crippen LogP) is 5.31. The van der Waals surface area contributed by atoms with Gasteiger partial charge in [-0.15, -0.1) is 0 Å². The van der Waals surface area contributed by atoms with Gasteiger partial charge in [0.25, 0.3) is 0 Å². The van der Waals surface area contributed by atoms with Gasteiger partial charge in [0.2, 0.25) is 5.91 Å². The van der Waals surface area contributed by atoms with Crippen molar-refractivity contribution in [1.29, 1.82) is 0 Å². The molecule has 1 aromatic rings. The van der Waals surface area contributed by atoms with E-state index in [0.717, 1.165) is 24.8 Å². The van der Waals surface area contributed by atoms with Gasteiger partial charge < -0.3 is 5.32 Å². The third kappa shape index (κ3) is 2.03. The van der Waals surface area contributed by atoms with Gasteiger partial charge in [0.05, 0.1) is 21.1 Å². The standard InChI is InChI=1S/C17H19Cl2NO/c1-10-16(2,3)11-7-8-17(10,9-11)15(21)20-13-6-4-5-12(18)14(13)19/h4-6,11H,1,7-9H2,2-3H3,(H,20,21)/t11-,17+/m1/s1. The smallest absolute Gasteiger partial charge is 0.234 e. The van der Waals surface area contributed by atoms with Crippen LogP contribution in [-0.4, -0.2) is 5.91 Å². The molecule has 2 bridgehead atoms. The molecule has 3 rings (SSSR count). The Bertz CT molecular complexity index is 638. The summed E-state index contributed by atoms with van der Waals surface area (Å²) in [5.74, 6) is 0.551. The van der Waals surface area contributed by atoms with E-state index in [1.165, 1.54) is 0 Å². The van der Waals surface area contributed by atoms with Gasteiger partial charge in [0.15, 0.2) is 0 Å². The fourth-order valence-electron chi connectivity index (χ4n) is 3.98. The first-order valence-electron chi connectivity index (χ1n) is 7.24. The fraction of sp³-hybridized carbons (Fsp3) is 0.471.